The maximum Gasteiger partial charge on any atom is 0.00769 e. The van der Waals surface area contributed by atoms with Crippen LogP contribution in [0.2, 0.25) is 0 Å². The minimum Gasteiger partial charge on any atom is -0.315 e. The average molecular weight is 228 g/mol. The van der Waals surface area contributed by atoms with Crippen molar-refractivity contribution < 1.29 is 0 Å². The van der Waals surface area contributed by atoms with Crippen molar-refractivity contribution in [3.05, 3.63) is 0 Å². The van der Waals surface area contributed by atoms with Gasteiger partial charge in [0.05, 0.1) is 0 Å². The fourth-order valence-electron chi connectivity index (χ4n) is 1.29. The molecule has 0 aliphatic carbocycles. The van der Waals surface area contributed by atoms with Crippen molar-refractivity contribution in [2.45, 2.75) is 48.0 Å². The first-order valence-electron chi connectivity index (χ1n) is 6.80. The van der Waals surface area contributed by atoms with E-state index in [0.717, 1.165) is 38.0 Å². The first-order valence-corrected chi connectivity index (χ1v) is 6.80. The highest BCUT2D eigenvalue weighted by Crippen LogP contribution is 2.17. The molecule has 0 bridgehead atoms. The fraction of sp³-hybridized carbons (Fsp3) is 1.00. The van der Waals surface area contributed by atoms with Crippen LogP contribution in [0.3, 0.4) is 0 Å². The second-order valence-electron chi connectivity index (χ2n) is 6.12. The van der Waals surface area contributed by atoms with Crippen LogP contribution in [0.15, 0.2) is 0 Å². The first-order chi connectivity index (χ1) is 7.39. The van der Waals surface area contributed by atoms with Crippen molar-refractivity contribution in [2.75, 3.05) is 26.2 Å². The molecule has 1 unspecified atom stereocenters. The van der Waals surface area contributed by atoms with Crippen LogP contribution in [0.5, 0.6) is 0 Å². The van der Waals surface area contributed by atoms with E-state index in [1.807, 2.05) is 0 Å². The van der Waals surface area contributed by atoms with E-state index in [-0.39, 0.29) is 0 Å². The van der Waals surface area contributed by atoms with Gasteiger partial charge in [-0.15, -0.1) is 0 Å². The molecule has 0 radical (unpaired) electrons. The van der Waals surface area contributed by atoms with Gasteiger partial charge >= 0.3 is 0 Å². The largest absolute Gasteiger partial charge is 0.315 e. The molecule has 0 spiro atoms. The van der Waals surface area contributed by atoms with Crippen LogP contribution in [-0.2, 0) is 0 Å². The molecule has 0 saturated carbocycles. The summed E-state index contributed by atoms with van der Waals surface area (Å²) in [4.78, 5) is 0. The maximum absolute atomic E-state index is 3.52. The second-order valence-corrected chi connectivity index (χ2v) is 6.12. The lowest BCUT2D eigenvalue weighted by Gasteiger charge is -2.23. The summed E-state index contributed by atoms with van der Waals surface area (Å²) >= 11 is 0. The molecule has 0 aromatic rings. The monoisotopic (exact) mass is 228 g/mol. The maximum atomic E-state index is 3.52. The molecule has 2 heteroatoms. The predicted molar refractivity (Wildman–Crippen MR) is 73.8 cm³/mol. The van der Waals surface area contributed by atoms with Gasteiger partial charge in [-0.3, -0.25) is 0 Å². The summed E-state index contributed by atoms with van der Waals surface area (Å²) in [5.41, 5.74) is 0.436. The molecule has 16 heavy (non-hydrogen) atoms. The van der Waals surface area contributed by atoms with Gasteiger partial charge < -0.3 is 10.6 Å². The van der Waals surface area contributed by atoms with Crippen molar-refractivity contribution in [1.29, 1.82) is 0 Å². The summed E-state index contributed by atoms with van der Waals surface area (Å²) < 4.78 is 0. The van der Waals surface area contributed by atoms with Crippen LogP contribution >= 0.6 is 0 Å². The Balaban J connectivity index is 3.35. The van der Waals surface area contributed by atoms with Crippen molar-refractivity contribution in [3.63, 3.8) is 0 Å². The standard InChI is InChI=1S/C14H32N2/c1-7-14(5,6)11-16-9-8-15-10-13(4)12(2)3/h12-13,15-16H,7-11H2,1-6H3. The molecule has 1 atom stereocenters. The van der Waals surface area contributed by atoms with Crippen molar-refractivity contribution >= 4 is 0 Å². The normalized spacial score (nSPS) is 14.4. The second kappa shape index (κ2) is 8.08. The van der Waals surface area contributed by atoms with Gasteiger partial charge in [-0.2, -0.15) is 0 Å². The number of hydrogen-bond donors (Lipinski definition) is 2. The highest BCUT2D eigenvalue weighted by atomic mass is 14.9. The Bertz CT molecular complexity index is 164. The Morgan fingerprint density at radius 2 is 1.56 bits per heavy atom. The number of hydrogen-bond acceptors (Lipinski definition) is 2. The third-order valence-corrected chi connectivity index (χ3v) is 3.64. The molecule has 98 valence electrons. The summed E-state index contributed by atoms with van der Waals surface area (Å²) in [6.07, 6.45) is 1.23. The van der Waals surface area contributed by atoms with Crippen molar-refractivity contribution in [2.24, 2.45) is 17.3 Å². The SMILES string of the molecule is CCC(C)(C)CNCCNCC(C)C(C)C. The molecule has 0 fully saturated rings. The Morgan fingerprint density at radius 1 is 1.00 bits per heavy atom. The van der Waals surface area contributed by atoms with Crippen molar-refractivity contribution in [1.82, 2.24) is 10.6 Å². The van der Waals surface area contributed by atoms with E-state index >= 15 is 0 Å². The number of rotatable bonds is 9. The third-order valence-electron chi connectivity index (χ3n) is 3.64. The Labute approximate surface area is 103 Å². The molecule has 0 aromatic carbocycles. The van der Waals surface area contributed by atoms with Gasteiger partial charge in [0.2, 0.25) is 0 Å². The van der Waals surface area contributed by atoms with Crippen LogP contribution in [0, 0.1) is 17.3 Å². The molecule has 0 saturated heterocycles. The van der Waals surface area contributed by atoms with Crippen LogP contribution in [-0.4, -0.2) is 26.2 Å². The molecular weight excluding hydrogens is 196 g/mol. The topological polar surface area (TPSA) is 24.1 Å². The molecule has 2 nitrogen and oxygen atoms in total. The number of nitrogens with one attached hydrogen (secondary N) is 2. The van der Waals surface area contributed by atoms with E-state index < -0.39 is 0 Å². The summed E-state index contributed by atoms with van der Waals surface area (Å²) in [6.45, 7) is 18.2. The van der Waals surface area contributed by atoms with Crippen LogP contribution in [0.25, 0.3) is 0 Å². The van der Waals surface area contributed by atoms with Gasteiger partial charge in [0, 0.05) is 19.6 Å². The zero-order valence-electron chi connectivity index (χ0n) is 12.2. The summed E-state index contributed by atoms with van der Waals surface area (Å²) in [6, 6.07) is 0. The minimum atomic E-state index is 0.436. The lowest BCUT2D eigenvalue weighted by molar-refractivity contribution is 0.326. The Morgan fingerprint density at radius 3 is 2.06 bits per heavy atom. The van der Waals surface area contributed by atoms with E-state index in [4.69, 9.17) is 0 Å². The summed E-state index contributed by atoms with van der Waals surface area (Å²) in [7, 11) is 0. The average Bonchev–Trinajstić information content (AvgIpc) is 2.22. The highest BCUT2D eigenvalue weighted by molar-refractivity contribution is 4.69. The lowest BCUT2D eigenvalue weighted by atomic mass is 9.90. The van der Waals surface area contributed by atoms with Crippen molar-refractivity contribution in [3.8, 4) is 0 Å². The smallest absolute Gasteiger partial charge is 0.00769 e. The third kappa shape index (κ3) is 8.12. The predicted octanol–water partition coefficient (Wildman–Crippen LogP) is 2.89. The molecule has 0 heterocycles. The van der Waals surface area contributed by atoms with Gasteiger partial charge in [-0.25, -0.2) is 0 Å². The van der Waals surface area contributed by atoms with Gasteiger partial charge in [-0.05, 0) is 30.2 Å². The molecule has 0 aliphatic heterocycles. The van der Waals surface area contributed by atoms with Crippen LogP contribution in [0.4, 0.5) is 0 Å². The van der Waals surface area contributed by atoms with E-state index in [9.17, 15) is 0 Å². The molecule has 0 aliphatic rings. The molecule has 0 aromatic heterocycles. The fourth-order valence-corrected chi connectivity index (χ4v) is 1.29. The first kappa shape index (κ1) is 15.9. The van der Waals surface area contributed by atoms with E-state index in [0.29, 0.717) is 5.41 Å². The highest BCUT2D eigenvalue weighted by Gasteiger charge is 2.13. The summed E-state index contributed by atoms with van der Waals surface area (Å²) in [5, 5.41) is 7.03. The Hall–Kier alpha value is -0.0800. The molecular formula is C14H32N2. The van der Waals surface area contributed by atoms with E-state index in [1.54, 1.807) is 0 Å². The molecule has 2 N–H and O–H groups in total. The zero-order valence-corrected chi connectivity index (χ0v) is 12.2. The quantitative estimate of drug-likeness (QED) is 0.593. The molecule has 0 rings (SSSR count). The zero-order chi connectivity index (χ0) is 12.6. The summed E-state index contributed by atoms with van der Waals surface area (Å²) in [5.74, 6) is 1.55. The minimum absolute atomic E-state index is 0.436. The lowest BCUT2D eigenvalue weighted by Crippen LogP contribution is -2.35. The molecule has 0 amide bonds. The van der Waals surface area contributed by atoms with Gasteiger partial charge in [0.25, 0.3) is 0 Å². The van der Waals surface area contributed by atoms with E-state index in [1.165, 1.54) is 6.42 Å². The van der Waals surface area contributed by atoms with Crippen LogP contribution in [0.1, 0.15) is 48.0 Å². The Kier molecular flexibility index (Phi) is 8.04. The van der Waals surface area contributed by atoms with Crippen LogP contribution < -0.4 is 10.6 Å². The van der Waals surface area contributed by atoms with Gasteiger partial charge in [-0.1, -0.05) is 41.5 Å². The van der Waals surface area contributed by atoms with Gasteiger partial charge in [0.15, 0.2) is 0 Å². The van der Waals surface area contributed by atoms with E-state index in [2.05, 4.69) is 52.2 Å². The van der Waals surface area contributed by atoms with Gasteiger partial charge in [0.1, 0.15) is 0 Å².